The highest BCUT2D eigenvalue weighted by Crippen LogP contribution is 2.22. The van der Waals surface area contributed by atoms with E-state index in [0.29, 0.717) is 5.95 Å². The SMILES string of the molecule is Cc1cn(N=Cc2cccc(I)c2Br)c(N)n1. The second kappa shape index (κ2) is 5.18. The van der Waals surface area contributed by atoms with Gasteiger partial charge in [-0.05, 0) is 51.5 Å². The number of nitrogens with zero attached hydrogens (tertiary/aromatic N) is 3. The highest BCUT2D eigenvalue weighted by atomic mass is 127. The Kier molecular flexibility index (Phi) is 3.82. The largest absolute Gasteiger partial charge is 0.368 e. The number of imidazole rings is 1. The van der Waals surface area contributed by atoms with Crippen LogP contribution in [0.15, 0.2) is 34.0 Å². The van der Waals surface area contributed by atoms with Crippen LogP contribution in [0.4, 0.5) is 5.95 Å². The number of aromatic nitrogens is 2. The van der Waals surface area contributed by atoms with Crippen molar-refractivity contribution in [3.63, 3.8) is 0 Å². The summed E-state index contributed by atoms with van der Waals surface area (Å²) in [4.78, 5) is 4.08. The van der Waals surface area contributed by atoms with Gasteiger partial charge in [-0.1, -0.05) is 12.1 Å². The third kappa shape index (κ3) is 2.86. The predicted octanol–water partition coefficient (Wildman–Crippen LogP) is 3.02. The Bertz CT molecular complexity index is 577. The summed E-state index contributed by atoms with van der Waals surface area (Å²) >= 11 is 5.79. The van der Waals surface area contributed by atoms with Crippen molar-refractivity contribution in [2.75, 3.05) is 5.73 Å². The van der Waals surface area contributed by atoms with Crippen molar-refractivity contribution in [1.29, 1.82) is 0 Å². The van der Waals surface area contributed by atoms with Gasteiger partial charge in [-0.15, -0.1) is 0 Å². The van der Waals surface area contributed by atoms with Crippen LogP contribution in [0.25, 0.3) is 0 Å². The van der Waals surface area contributed by atoms with Crippen LogP contribution in [0.2, 0.25) is 0 Å². The molecule has 0 aliphatic carbocycles. The van der Waals surface area contributed by atoms with Gasteiger partial charge in [0.15, 0.2) is 0 Å². The van der Waals surface area contributed by atoms with Gasteiger partial charge in [0.1, 0.15) is 0 Å². The van der Waals surface area contributed by atoms with Gasteiger partial charge in [0, 0.05) is 13.6 Å². The molecule has 0 aliphatic heterocycles. The number of benzene rings is 1. The third-order valence-electron chi connectivity index (χ3n) is 2.14. The smallest absolute Gasteiger partial charge is 0.221 e. The van der Waals surface area contributed by atoms with Crippen LogP contribution < -0.4 is 5.73 Å². The van der Waals surface area contributed by atoms with Gasteiger partial charge < -0.3 is 5.73 Å². The van der Waals surface area contributed by atoms with Gasteiger partial charge >= 0.3 is 0 Å². The van der Waals surface area contributed by atoms with Gasteiger partial charge in [0.25, 0.3) is 0 Å². The number of halogens is 2. The van der Waals surface area contributed by atoms with Crippen LogP contribution in [0.1, 0.15) is 11.3 Å². The highest BCUT2D eigenvalue weighted by molar-refractivity contribution is 14.1. The van der Waals surface area contributed by atoms with Gasteiger partial charge in [0.05, 0.1) is 18.1 Å². The zero-order valence-electron chi connectivity index (χ0n) is 9.06. The van der Waals surface area contributed by atoms with Crippen LogP contribution in [-0.2, 0) is 0 Å². The van der Waals surface area contributed by atoms with Crippen molar-refractivity contribution in [2.45, 2.75) is 6.92 Å². The molecule has 0 amide bonds. The number of hydrogen-bond donors (Lipinski definition) is 1. The topological polar surface area (TPSA) is 56.2 Å². The molecule has 0 saturated heterocycles. The van der Waals surface area contributed by atoms with Gasteiger partial charge in [-0.25, -0.2) is 9.66 Å². The lowest BCUT2D eigenvalue weighted by Gasteiger charge is -2.00. The molecule has 0 spiro atoms. The van der Waals surface area contributed by atoms with Gasteiger partial charge in [-0.3, -0.25) is 0 Å². The van der Waals surface area contributed by atoms with Crippen LogP contribution in [0, 0.1) is 10.5 Å². The molecule has 17 heavy (non-hydrogen) atoms. The second-order valence-corrected chi connectivity index (χ2v) is 5.43. The van der Waals surface area contributed by atoms with Crippen molar-refractivity contribution in [2.24, 2.45) is 5.10 Å². The summed E-state index contributed by atoms with van der Waals surface area (Å²) < 4.78 is 3.72. The van der Waals surface area contributed by atoms with Crippen molar-refractivity contribution >= 4 is 50.7 Å². The molecule has 0 aliphatic rings. The summed E-state index contributed by atoms with van der Waals surface area (Å²) in [6.07, 6.45) is 3.54. The zero-order chi connectivity index (χ0) is 12.4. The maximum absolute atomic E-state index is 5.70. The lowest BCUT2D eigenvalue weighted by molar-refractivity contribution is 0.897. The van der Waals surface area contributed by atoms with E-state index in [1.807, 2.05) is 25.1 Å². The maximum atomic E-state index is 5.70. The first kappa shape index (κ1) is 12.6. The monoisotopic (exact) mass is 404 g/mol. The molecule has 6 heteroatoms. The fraction of sp³-hybridized carbons (Fsp3) is 0.0909. The van der Waals surface area contributed by atoms with Gasteiger partial charge in [-0.2, -0.15) is 5.10 Å². The molecule has 0 saturated carbocycles. The molecule has 88 valence electrons. The van der Waals surface area contributed by atoms with E-state index in [0.717, 1.165) is 19.3 Å². The fourth-order valence-electron chi connectivity index (χ4n) is 1.34. The molecule has 4 nitrogen and oxygen atoms in total. The first-order valence-electron chi connectivity index (χ1n) is 4.88. The lowest BCUT2D eigenvalue weighted by atomic mass is 10.2. The van der Waals surface area contributed by atoms with E-state index >= 15 is 0 Å². The minimum Gasteiger partial charge on any atom is -0.368 e. The summed E-state index contributed by atoms with van der Waals surface area (Å²) in [5.74, 6) is 0.389. The third-order valence-corrected chi connectivity index (χ3v) is 4.66. The molecule has 0 bridgehead atoms. The molecule has 2 rings (SSSR count). The predicted molar refractivity (Wildman–Crippen MR) is 81.2 cm³/mol. The Morgan fingerprint density at radius 2 is 2.29 bits per heavy atom. The lowest BCUT2D eigenvalue weighted by Crippen LogP contribution is -1.97. The van der Waals surface area contributed by atoms with Crippen LogP contribution >= 0.6 is 38.5 Å². The Hall–Kier alpha value is -0.890. The number of aryl methyl sites for hydroxylation is 1. The molecule has 1 aromatic carbocycles. The van der Waals surface area contributed by atoms with Crippen molar-refractivity contribution < 1.29 is 0 Å². The summed E-state index contributed by atoms with van der Waals surface area (Å²) in [7, 11) is 0. The number of nitrogens with two attached hydrogens (primary N) is 1. The van der Waals surface area contributed by atoms with E-state index in [-0.39, 0.29) is 0 Å². The molecule has 2 aromatic rings. The van der Waals surface area contributed by atoms with Crippen molar-refractivity contribution in [3.8, 4) is 0 Å². The Morgan fingerprint density at radius 1 is 1.53 bits per heavy atom. The maximum Gasteiger partial charge on any atom is 0.221 e. The number of nitrogen functional groups attached to an aromatic ring is 1. The molecule has 0 fully saturated rings. The van der Waals surface area contributed by atoms with E-state index in [1.54, 1.807) is 17.1 Å². The number of anilines is 1. The second-order valence-electron chi connectivity index (χ2n) is 3.47. The van der Waals surface area contributed by atoms with Crippen LogP contribution in [0.3, 0.4) is 0 Å². The molecular weight excluding hydrogens is 395 g/mol. The van der Waals surface area contributed by atoms with Gasteiger partial charge in [0.2, 0.25) is 5.95 Å². The summed E-state index contributed by atoms with van der Waals surface area (Å²) in [5, 5.41) is 4.27. The summed E-state index contributed by atoms with van der Waals surface area (Å²) in [6.45, 7) is 1.88. The average molecular weight is 405 g/mol. The molecule has 1 aromatic heterocycles. The Balaban J connectivity index is 2.32. The minimum absolute atomic E-state index is 0.389. The average Bonchev–Trinajstić information content (AvgIpc) is 2.60. The molecule has 0 radical (unpaired) electrons. The molecule has 1 heterocycles. The Morgan fingerprint density at radius 3 is 2.94 bits per heavy atom. The van der Waals surface area contributed by atoms with E-state index < -0.39 is 0 Å². The van der Waals surface area contributed by atoms with Crippen molar-refractivity contribution in [1.82, 2.24) is 9.66 Å². The number of hydrogen-bond acceptors (Lipinski definition) is 3. The summed E-state index contributed by atoms with van der Waals surface area (Å²) in [6, 6.07) is 5.99. The molecule has 0 atom stereocenters. The normalized spacial score (nSPS) is 11.2. The fourth-order valence-corrected chi connectivity index (χ4v) is 2.23. The molecule has 2 N–H and O–H groups in total. The minimum atomic E-state index is 0.389. The quantitative estimate of drug-likeness (QED) is 0.617. The molecule has 0 unspecified atom stereocenters. The first-order chi connectivity index (χ1) is 8.08. The van der Waals surface area contributed by atoms with E-state index in [1.165, 1.54) is 0 Å². The van der Waals surface area contributed by atoms with Crippen LogP contribution in [-0.4, -0.2) is 15.9 Å². The standard InChI is InChI=1S/C11H10BrIN4/c1-7-6-17(11(14)16-7)15-5-8-3-2-4-9(13)10(8)12/h2-6H,1H3,(H2,14,16). The number of rotatable bonds is 2. The van der Waals surface area contributed by atoms with E-state index in [9.17, 15) is 0 Å². The zero-order valence-corrected chi connectivity index (χ0v) is 12.8. The van der Waals surface area contributed by atoms with E-state index in [2.05, 4.69) is 48.6 Å². The first-order valence-corrected chi connectivity index (χ1v) is 6.75. The highest BCUT2D eigenvalue weighted by Gasteiger charge is 2.02. The molecular formula is C11H10BrIN4. The Labute approximate surface area is 121 Å². The van der Waals surface area contributed by atoms with Crippen LogP contribution in [0.5, 0.6) is 0 Å². The van der Waals surface area contributed by atoms with Crippen molar-refractivity contribution in [3.05, 3.63) is 43.7 Å². The van der Waals surface area contributed by atoms with E-state index in [4.69, 9.17) is 5.73 Å². The summed E-state index contributed by atoms with van der Waals surface area (Å²) in [5.41, 5.74) is 7.55.